The van der Waals surface area contributed by atoms with Crippen LogP contribution < -0.4 is 0 Å². The quantitative estimate of drug-likeness (QED) is 0.602. The Kier molecular flexibility index (Phi) is 5.52. The maximum atomic E-state index is 10.8. The molecule has 2 heterocycles. The summed E-state index contributed by atoms with van der Waals surface area (Å²) >= 11 is 0. The van der Waals surface area contributed by atoms with Crippen molar-refractivity contribution in [3.05, 3.63) is 22.1 Å². The summed E-state index contributed by atoms with van der Waals surface area (Å²) in [4.78, 5) is 16.6. The standard InChI is InChI=1S/C10H16N4O3.ClH/c1-9-11-8-10(14(15)16)13(9)3-2-12-4-6-17-7-5-12;/h8H,2-7H2,1H3;1H. The van der Waals surface area contributed by atoms with Gasteiger partial charge in [0, 0.05) is 26.6 Å². The van der Waals surface area contributed by atoms with Crippen LogP contribution in [0.25, 0.3) is 0 Å². The average Bonchev–Trinajstić information content (AvgIpc) is 2.69. The SMILES string of the molecule is Cc1ncc([N+](=O)[O-])n1CCN1CCOCC1.Cl. The average molecular weight is 277 g/mol. The lowest BCUT2D eigenvalue weighted by Crippen LogP contribution is -2.38. The van der Waals surface area contributed by atoms with Crippen LogP contribution >= 0.6 is 12.4 Å². The van der Waals surface area contributed by atoms with E-state index in [0.29, 0.717) is 12.4 Å². The van der Waals surface area contributed by atoms with Gasteiger partial charge in [0.05, 0.1) is 13.2 Å². The van der Waals surface area contributed by atoms with E-state index in [4.69, 9.17) is 4.74 Å². The fourth-order valence-electron chi connectivity index (χ4n) is 1.94. The molecule has 1 aromatic heterocycles. The highest BCUT2D eigenvalue weighted by Gasteiger charge is 2.18. The van der Waals surface area contributed by atoms with Crippen molar-refractivity contribution < 1.29 is 9.66 Å². The maximum absolute atomic E-state index is 10.8. The molecule has 8 heteroatoms. The molecular formula is C10H17ClN4O3. The highest BCUT2D eigenvalue weighted by molar-refractivity contribution is 5.85. The number of nitro groups is 1. The van der Waals surface area contributed by atoms with Gasteiger partial charge in [-0.3, -0.25) is 4.90 Å². The summed E-state index contributed by atoms with van der Waals surface area (Å²) in [5.41, 5.74) is 0. The number of hydrogen-bond acceptors (Lipinski definition) is 5. The highest BCUT2D eigenvalue weighted by Crippen LogP contribution is 2.13. The molecule has 1 aliphatic rings. The van der Waals surface area contributed by atoms with Crippen molar-refractivity contribution in [1.82, 2.24) is 14.5 Å². The summed E-state index contributed by atoms with van der Waals surface area (Å²) in [6.45, 7) is 6.44. The molecule has 18 heavy (non-hydrogen) atoms. The van der Waals surface area contributed by atoms with Crippen LogP contribution in [-0.2, 0) is 11.3 Å². The van der Waals surface area contributed by atoms with Crippen molar-refractivity contribution in [3.63, 3.8) is 0 Å². The number of morpholine rings is 1. The Hall–Kier alpha value is -1.18. The van der Waals surface area contributed by atoms with Gasteiger partial charge in [-0.1, -0.05) is 0 Å². The van der Waals surface area contributed by atoms with Crippen molar-refractivity contribution in [3.8, 4) is 0 Å². The lowest BCUT2D eigenvalue weighted by molar-refractivity contribution is -0.392. The van der Waals surface area contributed by atoms with Gasteiger partial charge in [0.1, 0.15) is 12.7 Å². The van der Waals surface area contributed by atoms with E-state index in [1.165, 1.54) is 6.20 Å². The number of ether oxygens (including phenoxy) is 1. The topological polar surface area (TPSA) is 73.4 Å². The van der Waals surface area contributed by atoms with Gasteiger partial charge in [-0.2, -0.15) is 0 Å². The third-order valence-corrected chi connectivity index (χ3v) is 2.96. The van der Waals surface area contributed by atoms with Crippen molar-refractivity contribution >= 4 is 18.2 Å². The molecule has 7 nitrogen and oxygen atoms in total. The minimum atomic E-state index is -0.390. The molecule has 102 valence electrons. The number of aryl methyl sites for hydroxylation is 1. The van der Waals surface area contributed by atoms with Crippen LogP contribution in [-0.4, -0.2) is 52.2 Å². The Labute approximate surface area is 111 Å². The normalized spacial score (nSPS) is 16.3. The smallest absolute Gasteiger partial charge is 0.342 e. The summed E-state index contributed by atoms with van der Waals surface area (Å²) in [6.07, 6.45) is 1.31. The van der Waals surface area contributed by atoms with Gasteiger partial charge in [-0.25, -0.2) is 9.55 Å². The van der Waals surface area contributed by atoms with Crippen LogP contribution in [0.3, 0.4) is 0 Å². The number of aromatic nitrogens is 2. The van der Waals surface area contributed by atoms with Gasteiger partial charge in [0.25, 0.3) is 0 Å². The van der Waals surface area contributed by atoms with E-state index < -0.39 is 0 Å². The molecule has 0 unspecified atom stereocenters. The first-order chi connectivity index (χ1) is 8.18. The largest absolute Gasteiger partial charge is 0.379 e. The minimum Gasteiger partial charge on any atom is -0.379 e. The van der Waals surface area contributed by atoms with E-state index in [1.807, 2.05) is 0 Å². The number of nitrogens with zero attached hydrogens (tertiary/aromatic N) is 4. The number of imidazole rings is 1. The van der Waals surface area contributed by atoms with Crippen LogP contribution in [0.15, 0.2) is 6.20 Å². The predicted molar refractivity (Wildman–Crippen MR) is 68.1 cm³/mol. The zero-order valence-electron chi connectivity index (χ0n) is 10.2. The number of rotatable bonds is 4. The van der Waals surface area contributed by atoms with Gasteiger partial charge >= 0.3 is 5.82 Å². The van der Waals surface area contributed by atoms with E-state index in [2.05, 4.69) is 9.88 Å². The summed E-state index contributed by atoms with van der Waals surface area (Å²) in [5.74, 6) is 0.751. The molecule has 1 aliphatic heterocycles. The third kappa shape index (κ3) is 3.41. The molecule has 0 bridgehead atoms. The fraction of sp³-hybridized carbons (Fsp3) is 0.700. The molecule has 0 N–H and O–H groups in total. The predicted octanol–water partition coefficient (Wildman–Crippen LogP) is 0.854. The minimum absolute atomic E-state index is 0. The number of hydrogen-bond donors (Lipinski definition) is 0. The van der Waals surface area contributed by atoms with Crippen molar-refractivity contribution in [2.45, 2.75) is 13.5 Å². The van der Waals surface area contributed by atoms with E-state index in [-0.39, 0.29) is 23.1 Å². The number of halogens is 1. The molecule has 0 radical (unpaired) electrons. The van der Waals surface area contributed by atoms with Crippen LogP contribution in [0.1, 0.15) is 5.82 Å². The molecule has 0 aromatic carbocycles. The van der Waals surface area contributed by atoms with Crippen molar-refractivity contribution in [1.29, 1.82) is 0 Å². The van der Waals surface area contributed by atoms with Crippen molar-refractivity contribution in [2.24, 2.45) is 0 Å². The van der Waals surface area contributed by atoms with Crippen LogP contribution in [0.4, 0.5) is 5.82 Å². The zero-order valence-corrected chi connectivity index (χ0v) is 11.1. The molecule has 1 saturated heterocycles. The second-order valence-electron chi connectivity index (χ2n) is 4.03. The first-order valence-corrected chi connectivity index (χ1v) is 5.65. The lowest BCUT2D eigenvalue weighted by atomic mass is 10.4. The van der Waals surface area contributed by atoms with Crippen LogP contribution in [0.2, 0.25) is 0 Å². The van der Waals surface area contributed by atoms with Crippen molar-refractivity contribution in [2.75, 3.05) is 32.8 Å². The second kappa shape index (κ2) is 6.67. The highest BCUT2D eigenvalue weighted by atomic mass is 35.5. The summed E-state index contributed by atoms with van der Waals surface area (Å²) < 4.78 is 6.90. The van der Waals surface area contributed by atoms with Gasteiger partial charge in [-0.05, 0) is 4.92 Å². The monoisotopic (exact) mass is 276 g/mol. The van der Waals surface area contributed by atoms with Gasteiger partial charge in [-0.15, -0.1) is 12.4 Å². The maximum Gasteiger partial charge on any atom is 0.342 e. The molecule has 0 aliphatic carbocycles. The van der Waals surface area contributed by atoms with Gasteiger partial charge < -0.3 is 14.9 Å². The van der Waals surface area contributed by atoms with Gasteiger partial charge in [0.2, 0.25) is 0 Å². The van der Waals surface area contributed by atoms with E-state index >= 15 is 0 Å². The Morgan fingerprint density at radius 3 is 2.72 bits per heavy atom. The second-order valence-corrected chi connectivity index (χ2v) is 4.03. The summed E-state index contributed by atoms with van der Waals surface area (Å²) in [7, 11) is 0. The Morgan fingerprint density at radius 1 is 1.44 bits per heavy atom. The fourth-order valence-corrected chi connectivity index (χ4v) is 1.94. The Balaban J connectivity index is 0.00000162. The lowest BCUT2D eigenvalue weighted by Gasteiger charge is -2.25. The zero-order chi connectivity index (χ0) is 12.3. The Bertz CT molecular complexity index is 404. The summed E-state index contributed by atoms with van der Waals surface area (Å²) in [5, 5.41) is 10.8. The first-order valence-electron chi connectivity index (χ1n) is 5.65. The molecule has 0 amide bonds. The van der Waals surface area contributed by atoms with Gasteiger partial charge in [0.15, 0.2) is 5.82 Å². The first kappa shape index (κ1) is 14.9. The molecule has 0 spiro atoms. The third-order valence-electron chi connectivity index (χ3n) is 2.96. The molecular weight excluding hydrogens is 260 g/mol. The van der Waals surface area contributed by atoms with Crippen LogP contribution in [0, 0.1) is 17.0 Å². The molecule has 1 fully saturated rings. The molecule has 0 saturated carbocycles. The molecule has 2 rings (SSSR count). The summed E-state index contributed by atoms with van der Waals surface area (Å²) in [6, 6.07) is 0. The Morgan fingerprint density at radius 2 is 2.11 bits per heavy atom. The van der Waals surface area contributed by atoms with E-state index in [9.17, 15) is 10.1 Å². The van der Waals surface area contributed by atoms with E-state index in [0.717, 1.165) is 32.8 Å². The van der Waals surface area contributed by atoms with Crippen LogP contribution in [0.5, 0.6) is 0 Å². The van der Waals surface area contributed by atoms with E-state index in [1.54, 1.807) is 11.5 Å². The molecule has 0 atom stereocenters. The molecule has 1 aromatic rings.